The zero-order valence-corrected chi connectivity index (χ0v) is 22.6. The number of aromatic nitrogens is 2. The minimum atomic E-state index is -0.331. The standard InChI is InChI=1S/C28H29N3O4S2/c1-3-34-21-12-10-20(11-13-21)31-27(33)25-22-14-15-30(16-19-8-6-5-7-9-19)17-23(22)37-26(25)29-28(31)36-18-24(32)35-4-2/h5-13H,3-4,14-18H2,1-2H3. The van der Waals surface area contributed by atoms with E-state index in [1.165, 1.54) is 22.2 Å². The molecule has 3 heterocycles. The Morgan fingerprint density at radius 2 is 1.86 bits per heavy atom. The molecule has 2 aromatic carbocycles. The lowest BCUT2D eigenvalue weighted by molar-refractivity contribution is -0.139. The van der Waals surface area contributed by atoms with E-state index in [1.54, 1.807) is 22.8 Å². The molecule has 0 amide bonds. The van der Waals surface area contributed by atoms with Crippen molar-refractivity contribution in [2.75, 3.05) is 25.5 Å². The number of ether oxygens (including phenoxy) is 2. The predicted octanol–water partition coefficient (Wildman–Crippen LogP) is 5.06. The highest BCUT2D eigenvalue weighted by atomic mass is 32.2. The molecule has 0 radical (unpaired) electrons. The van der Waals surface area contributed by atoms with E-state index in [4.69, 9.17) is 14.5 Å². The molecule has 192 valence electrons. The van der Waals surface area contributed by atoms with Crippen molar-refractivity contribution in [3.63, 3.8) is 0 Å². The maximum Gasteiger partial charge on any atom is 0.316 e. The SMILES string of the molecule is CCOC(=O)CSc1nc2sc3c(c2c(=O)n1-c1ccc(OCC)cc1)CCN(Cc1ccccc1)C3. The van der Waals surface area contributed by atoms with Gasteiger partial charge in [-0.05, 0) is 55.7 Å². The van der Waals surface area contributed by atoms with E-state index in [2.05, 4.69) is 29.2 Å². The molecule has 0 spiro atoms. The number of nitrogens with zero attached hydrogens (tertiary/aromatic N) is 3. The van der Waals surface area contributed by atoms with Gasteiger partial charge in [-0.2, -0.15) is 0 Å². The lowest BCUT2D eigenvalue weighted by Crippen LogP contribution is -2.30. The Kier molecular flexibility index (Phi) is 7.93. The van der Waals surface area contributed by atoms with Crippen LogP contribution >= 0.6 is 23.1 Å². The summed E-state index contributed by atoms with van der Waals surface area (Å²) in [6.07, 6.45) is 0.803. The van der Waals surface area contributed by atoms with Crippen LogP contribution in [-0.2, 0) is 29.0 Å². The summed E-state index contributed by atoms with van der Waals surface area (Å²) in [7, 11) is 0. The molecule has 0 bridgehead atoms. The number of carbonyl (C=O) groups is 1. The van der Waals surface area contributed by atoms with Crippen LogP contribution in [0.3, 0.4) is 0 Å². The maximum absolute atomic E-state index is 14.0. The first-order valence-electron chi connectivity index (χ1n) is 12.4. The highest BCUT2D eigenvalue weighted by molar-refractivity contribution is 7.99. The van der Waals surface area contributed by atoms with E-state index in [0.29, 0.717) is 29.4 Å². The molecular formula is C28H29N3O4S2. The number of carbonyl (C=O) groups excluding carboxylic acids is 1. The highest BCUT2D eigenvalue weighted by Crippen LogP contribution is 2.35. The molecule has 37 heavy (non-hydrogen) atoms. The van der Waals surface area contributed by atoms with Gasteiger partial charge in [-0.3, -0.25) is 19.1 Å². The van der Waals surface area contributed by atoms with Crippen molar-refractivity contribution in [1.29, 1.82) is 0 Å². The lowest BCUT2D eigenvalue weighted by Gasteiger charge is -2.26. The number of benzene rings is 2. The summed E-state index contributed by atoms with van der Waals surface area (Å²) in [5.41, 5.74) is 2.97. The van der Waals surface area contributed by atoms with Crippen LogP contribution in [0, 0.1) is 0 Å². The van der Waals surface area contributed by atoms with Crippen LogP contribution in [0.5, 0.6) is 5.75 Å². The van der Waals surface area contributed by atoms with Crippen molar-refractivity contribution in [2.45, 2.75) is 38.5 Å². The quantitative estimate of drug-likeness (QED) is 0.169. The average Bonchev–Trinajstić information content (AvgIpc) is 3.27. The Balaban J connectivity index is 1.53. The molecule has 5 rings (SSSR count). The summed E-state index contributed by atoms with van der Waals surface area (Å²) in [5, 5.41) is 1.17. The molecule has 0 saturated heterocycles. The van der Waals surface area contributed by atoms with Gasteiger partial charge in [-0.25, -0.2) is 4.98 Å². The third kappa shape index (κ3) is 5.58. The van der Waals surface area contributed by atoms with Crippen LogP contribution < -0.4 is 10.3 Å². The van der Waals surface area contributed by atoms with Crippen LogP contribution in [0.2, 0.25) is 0 Å². The first-order valence-corrected chi connectivity index (χ1v) is 14.2. The number of thioether (sulfide) groups is 1. The Morgan fingerprint density at radius 1 is 1.08 bits per heavy atom. The molecule has 9 heteroatoms. The number of fused-ring (bicyclic) bond motifs is 3. The highest BCUT2D eigenvalue weighted by Gasteiger charge is 2.26. The number of hydrogen-bond donors (Lipinski definition) is 0. The number of esters is 1. The second-order valence-electron chi connectivity index (χ2n) is 8.69. The predicted molar refractivity (Wildman–Crippen MR) is 148 cm³/mol. The first kappa shape index (κ1) is 25.5. The maximum atomic E-state index is 14.0. The fourth-order valence-corrected chi connectivity index (χ4v) is 6.68. The van der Waals surface area contributed by atoms with Crippen LogP contribution in [-0.4, -0.2) is 45.9 Å². The smallest absolute Gasteiger partial charge is 0.316 e. The van der Waals surface area contributed by atoms with Crippen molar-refractivity contribution < 1.29 is 14.3 Å². The van der Waals surface area contributed by atoms with Gasteiger partial charge in [0.15, 0.2) is 5.16 Å². The third-order valence-corrected chi connectivity index (χ3v) is 8.22. The van der Waals surface area contributed by atoms with Crippen LogP contribution in [0.4, 0.5) is 0 Å². The van der Waals surface area contributed by atoms with E-state index >= 15 is 0 Å². The van der Waals surface area contributed by atoms with E-state index in [1.807, 2.05) is 37.3 Å². The van der Waals surface area contributed by atoms with Crippen molar-refractivity contribution in [3.05, 3.63) is 81.0 Å². The topological polar surface area (TPSA) is 73.7 Å². The lowest BCUT2D eigenvalue weighted by atomic mass is 10.0. The molecule has 0 unspecified atom stereocenters. The summed E-state index contributed by atoms with van der Waals surface area (Å²) in [4.78, 5) is 35.3. The molecule has 0 atom stereocenters. The zero-order chi connectivity index (χ0) is 25.8. The summed E-state index contributed by atoms with van der Waals surface area (Å²) in [6, 6.07) is 17.8. The van der Waals surface area contributed by atoms with Gasteiger partial charge in [-0.1, -0.05) is 42.1 Å². The minimum absolute atomic E-state index is 0.0821. The largest absolute Gasteiger partial charge is 0.494 e. The molecule has 0 N–H and O–H groups in total. The van der Waals surface area contributed by atoms with E-state index in [9.17, 15) is 9.59 Å². The Hall–Kier alpha value is -3.14. The molecule has 1 aliphatic rings. The van der Waals surface area contributed by atoms with Crippen molar-refractivity contribution in [1.82, 2.24) is 14.5 Å². The Morgan fingerprint density at radius 3 is 2.59 bits per heavy atom. The van der Waals surface area contributed by atoms with E-state index in [-0.39, 0.29) is 17.3 Å². The molecule has 7 nitrogen and oxygen atoms in total. The summed E-state index contributed by atoms with van der Waals surface area (Å²) in [6.45, 7) is 7.14. The summed E-state index contributed by atoms with van der Waals surface area (Å²) >= 11 is 2.81. The fraction of sp³-hybridized carbons (Fsp3) is 0.321. The molecule has 4 aromatic rings. The minimum Gasteiger partial charge on any atom is -0.494 e. The van der Waals surface area contributed by atoms with Gasteiger partial charge in [0.2, 0.25) is 0 Å². The van der Waals surface area contributed by atoms with Gasteiger partial charge in [0.05, 0.1) is 30.0 Å². The van der Waals surface area contributed by atoms with Gasteiger partial charge >= 0.3 is 5.97 Å². The number of rotatable bonds is 9. The number of hydrogen-bond acceptors (Lipinski definition) is 8. The van der Waals surface area contributed by atoms with E-state index < -0.39 is 0 Å². The van der Waals surface area contributed by atoms with Gasteiger partial charge in [0.1, 0.15) is 10.6 Å². The normalized spacial score (nSPS) is 13.5. The number of thiophene rings is 1. The molecule has 0 aliphatic carbocycles. The monoisotopic (exact) mass is 535 g/mol. The van der Waals surface area contributed by atoms with Crippen molar-refractivity contribution in [3.8, 4) is 11.4 Å². The van der Waals surface area contributed by atoms with E-state index in [0.717, 1.165) is 42.2 Å². The van der Waals surface area contributed by atoms with Crippen molar-refractivity contribution >= 4 is 39.3 Å². The summed E-state index contributed by atoms with van der Waals surface area (Å²) in [5.74, 6) is 0.487. The fourth-order valence-electron chi connectivity index (χ4n) is 4.56. The average molecular weight is 536 g/mol. The first-order chi connectivity index (χ1) is 18.1. The summed E-state index contributed by atoms with van der Waals surface area (Å²) < 4.78 is 12.3. The van der Waals surface area contributed by atoms with Gasteiger partial charge < -0.3 is 9.47 Å². The second kappa shape index (κ2) is 11.5. The van der Waals surface area contributed by atoms with Gasteiger partial charge in [0.25, 0.3) is 5.56 Å². The molecule has 1 aliphatic heterocycles. The molecular weight excluding hydrogens is 506 g/mol. The zero-order valence-electron chi connectivity index (χ0n) is 20.9. The molecule has 0 saturated carbocycles. The van der Waals surface area contributed by atoms with Crippen LogP contribution in [0.25, 0.3) is 15.9 Å². The third-order valence-electron chi connectivity index (χ3n) is 6.20. The molecule has 2 aromatic heterocycles. The van der Waals surface area contributed by atoms with Crippen LogP contribution in [0.15, 0.2) is 64.5 Å². The van der Waals surface area contributed by atoms with Crippen molar-refractivity contribution in [2.24, 2.45) is 0 Å². The van der Waals surface area contributed by atoms with Gasteiger partial charge in [0, 0.05) is 24.5 Å². The molecule has 0 fully saturated rings. The Labute approximate surface area is 224 Å². The van der Waals surface area contributed by atoms with Gasteiger partial charge in [-0.15, -0.1) is 11.3 Å². The van der Waals surface area contributed by atoms with Crippen LogP contribution in [0.1, 0.15) is 29.9 Å². The second-order valence-corrected chi connectivity index (χ2v) is 10.7. The Bertz CT molecular complexity index is 1450.